The summed E-state index contributed by atoms with van der Waals surface area (Å²) >= 11 is 0. The Morgan fingerprint density at radius 3 is 0.952 bits per heavy atom. The maximum absolute atomic E-state index is 16.7. The molecule has 28 atom stereocenters. The number of aryl methyl sites for hydroxylation is 6. The molecule has 4 unspecified atom stereocenters. The van der Waals surface area contributed by atoms with E-state index in [1.165, 1.54) is 140 Å². The van der Waals surface area contributed by atoms with E-state index >= 15 is 17.6 Å². The second-order valence-electron chi connectivity index (χ2n) is 35.1. The molecule has 6 aromatic heterocycles. The standard InChI is InChI=1S/C33H50F2N6O12P2.C25H35F2N4O10P.C14H21F2N2O6P.C11H16N2O5.3CH4O/c1-17(2)41(18(3)4)54(49-13-12-36-8)52-24-22(51-30(26(24)48-10)40-16-20(6)28(43)38-32(40)45)14-33(34,35)55(11,46)53-23-21(7)50-29(25(23)47-9)39-15-19(5)27(42)37-31(39)44;1-11-9-30(23(34)28-19(11)32)21-16(37-5)13(3)15(40-21)8-25(26,27)42(7,36)41-17-14(4)39-22(18(17)38-6)31-10-12(2)20(33)29-24(31)35;1-7-6-18(13(20)17-11(7)19)12-10(23-3)8(2)9(24-12)5-14(15,16)25(4,21)22;1-5-4-13(11(16)12-9(5)15)10-8(17-3)7(14)6(2)18-10;3*1-2/h15-18,21-26,29-30H,12-14H2,1-7,9-11H3,(H,37,42,44)(H,38,43,45);9-10,13-18,21-22H,8H2,1-7H3,(H,28,32,34)(H,29,33,35);6,8-10,12H,5H2,1-4H3,(H,21,22)(H,17,19,20);4,6-8,10,14H,1-3H3,(H,12,15,16);3*2H,1H3/t21-,22-,23-,24-,25-,26-,29-,30-,54?,55?;13-,14-,15-,16-,17-,18-,21-,22-,42?;8-,9-,10-,12-;6-,7-,8-,10-;;;/m1111.../s1/i7D;4D;;2D;3*2T. The minimum absolute atomic E-state index is 0.0163. The monoisotopic (exact) mass is 2190 g/mol. The number of nitrogens with one attached hydrogen (secondary N) is 6. The summed E-state index contributed by atoms with van der Waals surface area (Å²) < 4.78 is 272. The molecule has 50 nitrogen and oxygen atoms in total. The van der Waals surface area contributed by atoms with E-state index in [0.29, 0.717) is 12.2 Å². The highest BCUT2D eigenvalue weighted by atomic mass is 31.2. The number of methoxy groups -OCH3 is 6. The molecular formula is C86H134F6N14O36P4. The van der Waals surface area contributed by atoms with Crippen molar-refractivity contribution in [2.45, 2.75) is 287 Å². The van der Waals surface area contributed by atoms with Gasteiger partial charge in [0, 0.05) is 195 Å². The first-order chi connectivity index (χ1) is 70.9. The average molecular weight is 2190 g/mol. The van der Waals surface area contributed by atoms with E-state index in [1.54, 1.807) is 20.8 Å². The van der Waals surface area contributed by atoms with Crippen LogP contribution in [0.5, 0.6) is 0 Å². The number of ether oxygens (including phenoxy) is 12. The topological polar surface area (TPSA) is 637 Å². The van der Waals surface area contributed by atoms with Crippen LogP contribution in [0.25, 0.3) is 4.85 Å². The van der Waals surface area contributed by atoms with Crippen LogP contribution in [0.3, 0.4) is 0 Å². The lowest BCUT2D eigenvalue weighted by Gasteiger charge is -2.38. The quantitative estimate of drug-likeness (QED) is 0.0119. The first kappa shape index (κ1) is 116. The zero-order valence-electron chi connectivity index (χ0n) is 90.5. The Morgan fingerprint density at radius 1 is 0.438 bits per heavy atom. The molecule has 826 valence electrons. The largest absolute Gasteiger partial charge is 0.400 e. The second kappa shape index (κ2) is 52.9. The molecule has 0 spiro atoms. The van der Waals surface area contributed by atoms with Gasteiger partial charge in [0.05, 0.1) is 43.0 Å². The van der Waals surface area contributed by atoms with Crippen molar-refractivity contribution in [1.82, 2.24) is 62.0 Å². The van der Waals surface area contributed by atoms with Gasteiger partial charge in [0.2, 0.25) is 10.8 Å². The van der Waals surface area contributed by atoms with Gasteiger partial charge in [-0.3, -0.25) is 99.8 Å². The van der Waals surface area contributed by atoms with Crippen molar-refractivity contribution in [3.63, 3.8) is 0 Å². The smallest absolute Gasteiger partial charge is 0.330 e. The Morgan fingerprint density at radius 2 is 0.685 bits per heavy atom. The van der Waals surface area contributed by atoms with Gasteiger partial charge in [-0.25, -0.2) is 40.0 Å². The van der Waals surface area contributed by atoms with Crippen LogP contribution in [0.15, 0.2) is 94.7 Å². The average Bonchev–Trinajstić information content (AvgIpc) is 1.60. The molecule has 0 saturated carbocycles. The SMILES string of the molecule is CO[C@@H]1[C@H](C)[C@@H](CC(F)(F)P(C)(=O)O)O[C@H]1n1cc(C)c(=O)[nH]c1=O.[2H]C[C@H]1O[C@@H](n2cc(C)c(=O)[nH]c2=O)[C@H](OC)[C@@H]1O.[2H]C[C@H]1O[C@@H](n2cc(C)c(=O)[nH]c2=O)[C@H](OC)[C@@H]1OP(C)(=O)C(F)(F)C[C@H]1O[C@@H](n2cc(C)c(=O)[nH]c2=O)[C@H](OC)[C@@H]1C.[2H]C[C@H]1O[C@@H](n2cc(C)c(=O)[nH]c2=O)[C@H](OC)[C@@H]1OP(C)(=O)C(F)(F)C[C@H]1O[C@@H](n2cc(C)c(=O)[nH]c2=O)[C@H](OC)[C@@H]1OP(OCC[N+]#[C-])N(C(C)C)C(C)C.[3H]OC.[3H]OC.[3H]OC. The van der Waals surface area contributed by atoms with Gasteiger partial charge in [-0.2, -0.15) is 26.3 Å². The van der Waals surface area contributed by atoms with Crippen LogP contribution in [0.4, 0.5) is 26.3 Å². The molecule has 6 aliphatic heterocycles. The summed E-state index contributed by atoms with van der Waals surface area (Å²) in [6, 6.07) is -0.372. The molecule has 0 amide bonds. The Balaban J connectivity index is 0.000000321. The molecule has 6 aliphatic rings. The van der Waals surface area contributed by atoms with E-state index in [0.717, 1.165) is 36.2 Å². The van der Waals surface area contributed by atoms with Crippen molar-refractivity contribution in [3.05, 3.63) is 207 Å². The summed E-state index contributed by atoms with van der Waals surface area (Å²) in [6.07, 6.45) is -21.8. The normalized spacial score (nSPS) is 29.0. The number of rotatable bonds is 33. The number of hydrogen-bond donors (Lipinski definition) is 11. The van der Waals surface area contributed by atoms with E-state index in [4.69, 9.17) is 89.9 Å². The number of aliphatic hydroxyl groups excluding tert-OH is 4. The Hall–Kier alpha value is -8.61. The third kappa shape index (κ3) is 28.6. The fourth-order valence-corrected chi connectivity index (χ4v) is 21.5. The van der Waals surface area contributed by atoms with E-state index in [1.807, 2.05) is 32.4 Å². The van der Waals surface area contributed by atoms with Crippen molar-refractivity contribution in [1.29, 1.82) is 4.29 Å². The number of halogens is 6. The predicted molar refractivity (Wildman–Crippen MR) is 513 cm³/mol. The maximum Gasteiger partial charge on any atom is 0.330 e. The fourth-order valence-electron chi connectivity index (χ4n) is 16.5. The van der Waals surface area contributed by atoms with Crippen LogP contribution in [0, 0.1) is 60.0 Å². The Labute approximate surface area is 841 Å². The van der Waals surface area contributed by atoms with Crippen molar-refractivity contribution >= 4 is 30.6 Å². The number of aliphatic hydroxyl groups is 4. The minimum Gasteiger partial charge on any atom is -0.400 e. The summed E-state index contributed by atoms with van der Waals surface area (Å²) in [4.78, 5) is 171. The van der Waals surface area contributed by atoms with E-state index in [9.17, 15) is 90.0 Å². The molecule has 12 rings (SSSR count). The lowest BCUT2D eigenvalue weighted by molar-refractivity contribution is -0.0747. The van der Waals surface area contributed by atoms with E-state index in [-0.39, 0.29) is 60.0 Å². The molecule has 6 saturated heterocycles. The van der Waals surface area contributed by atoms with Crippen LogP contribution in [-0.2, 0) is 88.6 Å². The number of aromatic nitrogens is 12. The van der Waals surface area contributed by atoms with Crippen LogP contribution in [0.1, 0.15) is 156 Å². The van der Waals surface area contributed by atoms with Gasteiger partial charge in [0.25, 0.3) is 64.0 Å². The van der Waals surface area contributed by atoms with Gasteiger partial charge in [0.1, 0.15) is 67.6 Å². The molecule has 0 radical (unpaired) electrons. The van der Waals surface area contributed by atoms with Crippen LogP contribution in [0.2, 0.25) is 0 Å². The van der Waals surface area contributed by atoms with Gasteiger partial charge in [-0.15, -0.1) is 0 Å². The van der Waals surface area contributed by atoms with Crippen molar-refractivity contribution < 1.29 is 144 Å². The first-order valence-electron chi connectivity index (χ1n) is 48.0. The first-order valence-corrected chi connectivity index (χ1v) is 52.0. The molecule has 60 heteroatoms. The number of alkyl halides is 6. The minimum atomic E-state index is -5.11. The molecule has 6 aromatic rings. The van der Waals surface area contributed by atoms with E-state index < -0.39 is 295 Å². The maximum atomic E-state index is 16.7. The van der Waals surface area contributed by atoms with Crippen molar-refractivity contribution in [3.8, 4) is 0 Å². The summed E-state index contributed by atoms with van der Waals surface area (Å²) in [6.45, 7) is 27.5. The highest BCUT2D eigenvalue weighted by Crippen LogP contribution is 2.66. The highest BCUT2D eigenvalue weighted by molar-refractivity contribution is 7.59. The number of nitrogens with zero attached hydrogens (tertiary/aromatic N) is 8. The fraction of sp³-hybridized carbons (Fsp3) is 0.709. The van der Waals surface area contributed by atoms with E-state index in [2.05, 4.69) is 50.1 Å². The summed E-state index contributed by atoms with van der Waals surface area (Å²) in [5.41, 5.74) is -19.2. The third-order valence-corrected chi connectivity index (χ3v) is 31.9. The molecular weight excluding hydrogens is 2040 g/mol. The lowest BCUT2D eigenvalue weighted by Crippen LogP contribution is -2.43. The second-order valence-corrected chi connectivity index (χ2v) is 44.0. The zero-order valence-corrected chi connectivity index (χ0v) is 88.1. The van der Waals surface area contributed by atoms with Gasteiger partial charge in [0.15, 0.2) is 37.4 Å². The zero-order chi connectivity index (χ0) is 115. The summed E-state index contributed by atoms with van der Waals surface area (Å²) in [7, 11) is -5.12. The van der Waals surface area contributed by atoms with Gasteiger partial charge in [-0.05, 0) is 89.9 Å². The molecule has 12 heterocycles. The van der Waals surface area contributed by atoms with Crippen molar-refractivity contribution in [2.24, 2.45) is 11.8 Å². The summed E-state index contributed by atoms with van der Waals surface area (Å²) in [5.74, 6) is -1.28. The molecule has 11 N–H and O–H groups in total. The van der Waals surface area contributed by atoms with Crippen LogP contribution in [-0.4, -0.2) is 315 Å². The van der Waals surface area contributed by atoms with Gasteiger partial charge in [-0.1, -0.05) is 13.8 Å². The molecule has 0 bridgehead atoms. The number of aromatic amines is 6. The predicted octanol–water partition coefficient (Wildman–Crippen LogP) is 4.19. The lowest BCUT2D eigenvalue weighted by atomic mass is 9.98. The van der Waals surface area contributed by atoms with Crippen molar-refractivity contribution in [2.75, 3.05) is 97.1 Å². The van der Waals surface area contributed by atoms with Crippen LogP contribution >= 0.6 is 30.6 Å². The summed E-state index contributed by atoms with van der Waals surface area (Å²) in [5, 5.41) is 20.4. The Kier molecular flexibility index (Phi) is 42.1. The Bertz CT molecular complexity index is 6500. The molecule has 146 heavy (non-hydrogen) atoms. The van der Waals surface area contributed by atoms with Gasteiger partial charge >= 0.3 is 51.1 Å². The number of H-pyrrole nitrogens is 6. The number of hydrogen-bond acceptors (Lipinski definition) is 36. The highest BCUT2D eigenvalue weighted by Gasteiger charge is 2.62. The molecule has 0 aliphatic carbocycles. The molecule has 0 aromatic carbocycles. The van der Waals surface area contributed by atoms with Crippen LogP contribution < -0.4 is 67.5 Å². The third-order valence-electron chi connectivity index (χ3n) is 24.4. The molecule has 6 fully saturated rings. The van der Waals surface area contributed by atoms with Gasteiger partial charge < -0.3 is 105 Å².